The van der Waals surface area contributed by atoms with Crippen molar-refractivity contribution in [3.8, 4) is 16.8 Å². The van der Waals surface area contributed by atoms with Crippen LogP contribution in [0.15, 0.2) is 121 Å². The summed E-state index contributed by atoms with van der Waals surface area (Å²) in [4.78, 5) is 4.99. The Labute approximate surface area is 224 Å². The second-order valence-electron chi connectivity index (χ2n) is 9.92. The predicted molar refractivity (Wildman–Crippen MR) is 163 cm³/mol. The summed E-state index contributed by atoms with van der Waals surface area (Å²) in [6, 6.07) is 35.1. The highest BCUT2D eigenvalue weighted by Crippen LogP contribution is 2.42. The Morgan fingerprint density at radius 3 is 2.34 bits per heavy atom. The first kappa shape index (κ1) is 21.6. The van der Waals surface area contributed by atoms with E-state index in [4.69, 9.17) is 4.98 Å². The fourth-order valence-electron chi connectivity index (χ4n) is 5.87. The zero-order valence-corrected chi connectivity index (χ0v) is 21.6. The van der Waals surface area contributed by atoms with Crippen molar-refractivity contribution in [3.05, 3.63) is 127 Å². The van der Waals surface area contributed by atoms with Crippen LogP contribution in [0.25, 0.3) is 64.5 Å². The van der Waals surface area contributed by atoms with E-state index in [2.05, 4.69) is 126 Å². The molecular formula is C35H24N2S. The van der Waals surface area contributed by atoms with Crippen LogP contribution in [-0.2, 0) is 0 Å². The van der Waals surface area contributed by atoms with E-state index in [9.17, 15) is 0 Å². The Morgan fingerprint density at radius 1 is 0.684 bits per heavy atom. The first-order chi connectivity index (χ1) is 18.8. The molecule has 2 nitrogen and oxygen atoms in total. The van der Waals surface area contributed by atoms with E-state index in [-0.39, 0.29) is 0 Å². The zero-order chi connectivity index (χ0) is 25.1. The third-order valence-electron chi connectivity index (χ3n) is 7.63. The molecule has 0 saturated heterocycles. The lowest BCUT2D eigenvalue weighted by atomic mass is 9.95. The number of rotatable bonds is 3. The quantitative estimate of drug-likeness (QED) is 0.234. The van der Waals surface area contributed by atoms with Crippen molar-refractivity contribution in [1.29, 1.82) is 0 Å². The molecule has 180 valence electrons. The normalized spacial score (nSPS) is 13.6. The third-order valence-corrected chi connectivity index (χ3v) is 8.80. The van der Waals surface area contributed by atoms with Crippen LogP contribution < -0.4 is 0 Å². The maximum Gasteiger partial charge on any atom is 0.0910 e. The summed E-state index contributed by atoms with van der Waals surface area (Å²) in [5, 5.41) is 3.66. The monoisotopic (exact) mass is 504 g/mol. The van der Waals surface area contributed by atoms with E-state index in [0.717, 1.165) is 18.4 Å². The molecule has 0 atom stereocenters. The topological polar surface area (TPSA) is 17.8 Å². The summed E-state index contributed by atoms with van der Waals surface area (Å²) in [5.41, 5.74) is 9.71. The van der Waals surface area contributed by atoms with Crippen molar-refractivity contribution in [3.63, 3.8) is 0 Å². The van der Waals surface area contributed by atoms with Gasteiger partial charge in [-0.1, -0.05) is 85.0 Å². The Kier molecular flexibility index (Phi) is 4.86. The van der Waals surface area contributed by atoms with Crippen molar-refractivity contribution >= 4 is 59.0 Å². The molecule has 0 spiro atoms. The summed E-state index contributed by atoms with van der Waals surface area (Å²) in [5.74, 6) is 0. The fourth-order valence-corrected chi connectivity index (χ4v) is 7.07. The predicted octanol–water partition coefficient (Wildman–Crippen LogP) is 9.95. The molecule has 7 aromatic rings. The number of para-hydroxylation sites is 1. The van der Waals surface area contributed by atoms with E-state index in [1.807, 2.05) is 11.3 Å². The largest absolute Gasteiger partial charge is 0.308 e. The Hall–Kier alpha value is -4.47. The van der Waals surface area contributed by atoms with Gasteiger partial charge in [0.2, 0.25) is 0 Å². The lowest BCUT2D eigenvalue weighted by Crippen LogP contribution is -1.98. The number of aromatic nitrogens is 2. The smallest absolute Gasteiger partial charge is 0.0910 e. The van der Waals surface area contributed by atoms with Crippen molar-refractivity contribution < 1.29 is 0 Å². The molecule has 0 aliphatic heterocycles. The van der Waals surface area contributed by atoms with Gasteiger partial charge in [-0.15, -0.1) is 11.3 Å². The summed E-state index contributed by atoms with van der Waals surface area (Å²) in [6.07, 6.45) is 11.2. The standard InChI is InChI=1S/C35H24N2S/c1-3-11-23(12-4-1)25-19-26(24-13-5-2-6-14-24)21-27(20-25)37-31-17-9-7-15-28(31)30-22-36-33-29-16-8-10-18-32(29)38-35(33)34(30)37/h1,3-5,7-22H,2,6H2. The SMILES string of the molecule is C1=CC(c2cc(-c3ccccc3)cc(-n3c4ccccc4c4cnc5c6ccccc6sc5c43)c2)=CCC1. The average molecular weight is 505 g/mol. The fraction of sp³-hybridized carbons (Fsp3) is 0.0571. The molecule has 0 amide bonds. The molecule has 0 radical (unpaired) electrons. The Balaban J connectivity index is 1.51. The van der Waals surface area contributed by atoms with Gasteiger partial charge in [0.25, 0.3) is 0 Å². The van der Waals surface area contributed by atoms with Crippen LogP contribution in [0.2, 0.25) is 0 Å². The molecular weight excluding hydrogens is 480 g/mol. The van der Waals surface area contributed by atoms with Crippen molar-refractivity contribution in [2.45, 2.75) is 12.8 Å². The molecule has 1 aliphatic carbocycles. The second-order valence-corrected chi connectivity index (χ2v) is 11.0. The molecule has 0 bridgehead atoms. The number of fused-ring (bicyclic) bond motifs is 7. The van der Waals surface area contributed by atoms with Crippen LogP contribution in [0.1, 0.15) is 18.4 Å². The zero-order valence-electron chi connectivity index (χ0n) is 20.8. The van der Waals surface area contributed by atoms with E-state index < -0.39 is 0 Å². The third kappa shape index (κ3) is 3.29. The summed E-state index contributed by atoms with van der Waals surface area (Å²) in [7, 11) is 0. The van der Waals surface area contributed by atoms with Crippen LogP contribution in [0, 0.1) is 0 Å². The van der Waals surface area contributed by atoms with Crippen molar-refractivity contribution in [2.75, 3.05) is 0 Å². The van der Waals surface area contributed by atoms with Gasteiger partial charge in [-0.05, 0) is 65.4 Å². The van der Waals surface area contributed by atoms with Gasteiger partial charge in [0.1, 0.15) is 0 Å². The van der Waals surface area contributed by atoms with Crippen LogP contribution >= 0.6 is 11.3 Å². The molecule has 0 N–H and O–H groups in total. The lowest BCUT2D eigenvalue weighted by Gasteiger charge is -2.15. The van der Waals surface area contributed by atoms with Gasteiger partial charge in [0, 0.05) is 32.7 Å². The number of benzene rings is 4. The molecule has 0 fully saturated rings. The summed E-state index contributed by atoms with van der Waals surface area (Å²) < 4.78 is 4.98. The highest BCUT2D eigenvalue weighted by atomic mass is 32.1. The van der Waals surface area contributed by atoms with E-state index in [0.29, 0.717) is 0 Å². The van der Waals surface area contributed by atoms with E-state index >= 15 is 0 Å². The maximum absolute atomic E-state index is 4.99. The van der Waals surface area contributed by atoms with Gasteiger partial charge in [0.15, 0.2) is 0 Å². The minimum absolute atomic E-state index is 1.08. The highest BCUT2D eigenvalue weighted by molar-refractivity contribution is 7.26. The minimum Gasteiger partial charge on any atom is -0.308 e. The molecule has 3 heteroatoms. The van der Waals surface area contributed by atoms with Gasteiger partial charge in [-0.25, -0.2) is 0 Å². The minimum atomic E-state index is 1.08. The molecule has 38 heavy (non-hydrogen) atoms. The number of thiophene rings is 1. The first-order valence-corrected chi connectivity index (χ1v) is 13.9. The molecule has 0 saturated carbocycles. The average Bonchev–Trinajstić information content (AvgIpc) is 3.54. The molecule has 4 aromatic carbocycles. The number of hydrogen-bond donors (Lipinski definition) is 0. The Morgan fingerprint density at radius 2 is 1.47 bits per heavy atom. The molecule has 0 unspecified atom stereocenters. The van der Waals surface area contributed by atoms with Crippen LogP contribution in [0.5, 0.6) is 0 Å². The molecule has 8 rings (SSSR count). The van der Waals surface area contributed by atoms with Crippen molar-refractivity contribution in [2.24, 2.45) is 0 Å². The molecule has 3 heterocycles. The Bertz CT molecular complexity index is 2070. The number of pyridine rings is 1. The van der Waals surface area contributed by atoms with Gasteiger partial charge in [0.05, 0.1) is 21.3 Å². The van der Waals surface area contributed by atoms with Crippen LogP contribution in [0.3, 0.4) is 0 Å². The van der Waals surface area contributed by atoms with Gasteiger partial charge in [-0.3, -0.25) is 4.98 Å². The van der Waals surface area contributed by atoms with Gasteiger partial charge < -0.3 is 4.57 Å². The van der Waals surface area contributed by atoms with Crippen molar-refractivity contribution in [1.82, 2.24) is 9.55 Å². The number of nitrogens with zero attached hydrogens (tertiary/aromatic N) is 2. The molecule has 1 aliphatic rings. The van der Waals surface area contributed by atoms with Crippen LogP contribution in [0.4, 0.5) is 0 Å². The van der Waals surface area contributed by atoms with E-state index in [1.54, 1.807) is 0 Å². The second kappa shape index (κ2) is 8.54. The summed E-state index contributed by atoms with van der Waals surface area (Å²) in [6.45, 7) is 0. The summed E-state index contributed by atoms with van der Waals surface area (Å²) >= 11 is 1.84. The maximum atomic E-state index is 4.99. The van der Waals surface area contributed by atoms with Gasteiger partial charge >= 0.3 is 0 Å². The number of allylic oxidation sites excluding steroid dienone is 4. The highest BCUT2D eigenvalue weighted by Gasteiger charge is 2.19. The lowest BCUT2D eigenvalue weighted by molar-refractivity contribution is 1.04. The first-order valence-electron chi connectivity index (χ1n) is 13.1. The van der Waals surface area contributed by atoms with E-state index in [1.165, 1.54) is 64.5 Å². The van der Waals surface area contributed by atoms with Gasteiger partial charge in [-0.2, -0.15) is 0 Å². The van der Waals surface area contributed by atoms with Crippen LogP contribution in [-0.4, -0.2) is 9.55 Å². The molecule has 3 aromatic heterocycles. The number of hydrogen-bond acceptors (Lipinski definition) is 2.